The molecule has 0 aliphatic carbocycles. The van der Waals surface area contributed by atoms with Crippen molar-refractivity contribution < 1.29 is 9.59 Å². The highest BCUT2D eigenvalue weighted by molar-refractivity contribution is 5.96. The van der Waals surface area contributed by atoms with Crippen LogP contribution in [0.4, 0.5) is 22.7 Å². The van der Waals surface area contributed by atoms with E-state index in [4.69, 9.17) is 11.5 Å². The summed E-state index contributed by atoms with van der Waals surface area (Å²) in [4.78, 5) is 27.8. The first-order chi connectivity index (χ1) is 9.69. The van der Waals surface area contributed by atoms with Crippen LogP contribution >= 0.6 is 0 Å². The van der Waals surface area contributed by atoms with Crippen LogP contribution in [0.1, 0.15) is 0 Å². The largest absolute Gasteiger partial charge is 0.396 e. The van der Waals surface area contributed by atoms with Crippen LogP contribution in [0, 0.1) is 0 Å². The third-order valence-corrected chi connectivity index (χ3v) is 2.77. The van der Waals surface area contributed by atoms with Gasteiger partial charge in [0, 0.05) is 5.56 Å². The Labute approximate surface area is 114 Å². The van der Waals surface area contributed by atoms with E-state index in [1.165, 1.54) is 18.2 Å². The van der Waals surface area contributed by atoms with Crippen LogP contribution in [-0.2, 0) is 9.59 Å². The van der Waals surface area contributed by atoms with Crippen molar-refractivity contribution in [1.82, 2.24) is 0 Å². The second-order valence-electron chi connectivity index (χ2n) is 3.89. The van der Waals surface area contributed by atoms with Crippen LogP contribution in [-0.4, -0.2) is 12.2 Å². The van der Waals surface area contributed by atoms with Crippen molar-refractivity contribution in [3.05, 3.63) is 36.4 Å². The Morgan fingerprint density at radius 3 is 2.15 bits per heavy atom. The van der Waals surface area contributed by atoms with Gasteiger partial charge in [0.25, 0.3) is 0 Å². The number of benzene rings is 2. The van der Waals surface area contributed by atoms with Crippen molar-refractivity contribution >= 4 is 34.9 Å². The Morgan fingerprint density at radius 1 is 0.900 bits per heavy atom. The van der Waals surface area contributed by atoms with Crippen LogP contribution < -0.4 is 11.5 Å². The molecule has 0 heterocycles. The number of hydrogen-bond donors (Lipinski definition) is 2. The molecular weight excluding hydrogens is 256 g/mol. The number of aliphatic imine (C=N–C) groups is 2. The van der Waals surface area contributed by atoms with Crippen molar-refractivity contribution in [2.45, 2.75) is 0 Å². The first-order valence-corrected chi connectivity index (χ1v) is 5.62. The van der Waals surface area contributed by atoms with Crippen molar-refractivity contribution in [1.29, 1.82) is 0 Å². The van der Waals surface area contributed by atoms with Gasteiger partial charge in [0.05, 0.1) is 11.4 Å². The Morgan fingerprint density at radius 2 is 1.55 bits per heavy atom. The molecule has 2 rings (SSSR count). The lowest BCUT2D eigenvalue weighted by molar-refractivity contribution is 0.564. The fourth-order valence-corrected chi connectivity index (χ4v) is 1.85. The molecular formula is C14H10N4O2. The number of anilines is 2. The minimum absolute atomic E-state index is 0.0144. The molecule has 0 saturated heterocycles. The van der Waals surface area contributed by atoms with Crippen molar-refractivity contribution in [2.75, 3.05) is 11.5 Å². The van der Waals surface area contributed by atoms with Crippen LogP contribution in [0.15, 0.2) is 46.4 Å². The normalized spacial score (nSPS) is 9.40. The third kappa shape index (κ3) is 2.33. The van der Waals surface area contributed by atoms with E-state index in [0.717, 1.165) is 5.56 Å². The van der Waals surface area contributed by atoms with Gasteiger partial charge in [-0.25, -0.2) is 9.59 Å². The molecule has 20 heavy (non-hydrogen) atoms. The molecule has 0 saturated carbocycles. The Hall–Kier alpha value is -3.20. The molecule has 0 amide bonds. The van der Waals surface area contributed by atoms with E-state index in [9.17, 15) is 9.59 Å². The Kier molecular flexibility index (Phi) is 3.72. The number of rotatable bonds is 3. The average Bonchev–Trinajstić information content (AvgIpc) is 2.48. The van der Waals surface area contributed by atoms with Crippen LogP contribution in [0.2, 0.25) is 0 Å². The van der Waals surface area contributed by atoms with Gasteiger partial charge in [0.1, 0.15) is 11.4 Å². The van der Waals surface area contributed by atoms with Crippen LogP contribution in [0.5, 0.6) is 0 Å². The smallest absolute Gasteiger partial charge is 0.240 e. The summed E-state index contributed by atoms with van der Waals surface area (Å²) in [5.41, 5.74) is 13.7. The summed E-state index contributed by atoms with van der Waals surface area (Å²) in [5, 5.41) is 0. The summed E-state index contributed by atoms with van der Waals surface area (Å²) in [6.07, 6.45) is 2.76. The first kappa shape index (κ1) is 13.2. The summed E-state index contributed by atoms with van der Waals surface area (Å²) in [7, 11) is 0. The summed E-state index contributed by atoms with van der Waals surface area (Å²) in [6.45, 7) is 0. The maximum atomic E-state index is 10.5. The number of nitrogens with zero attached hydrogens (tertiary/aromatic N) is 2. The SMILES string of the molecule is Nc1c(-c2ccccc2)cc(N=C=O)c(N=C=O)c1N. The maximum Gasteiger partial charge on any atom is 0.240 e. The minimum Gasteiger partial charge on any atom is -0.396 e. The van der Waals surface area contributed by atoms with E-state index in [0.29, 0.717) is 5.56 Å². The predicted molar refractivity (Wildman–Crippen MR) is 76.3 cm³/mol. The molecule has 6 nitrogen and oxygen atoms in total. The van der Waals surface area contributed by atoms with Gasteiger partial charge in [-0.3, -0.25) is 0 Å². The Balaban J connectivity index is 2.79. The quantitative estimate of drug-likeness (QED) is 0.504. The number of nitrogen functional groups attached to an aromatic ring is 2. The van der Waals surface area contributed by atoms with Gasteiger partial charge in [-0.2, -0.15) is 9.98 Å². The van der Waals surface area contributed by atoms with Gasteiger partial charge in [-0.05, 0) is 11.6 Å². The fourth-order valence-electron chi connectivity index (χ4n) is 1.85. The predicted octanol–water partition coefficient (Wildman–Crippen LogP) is 2.45. The molecule has 0 aliphatic heterocycles. The molecule has 0 unspecified atom stereocenters. The van der Waals surface area contributed by atoms with Crippen molar-refractivity contribution in [3.8, 4) is 11.1 Å². The van der Waals surface area contributed by atoms with E-state index in [1.54, 1.807) is 0 Å². The molecule has 4 N–H and O–H groups in total. The molecule has 0 fully saturated rings. The molecule has 0 aromatic heterocycles. The summed E-state index contributed by atoms with van der Waals surface area (Å²) in [5.74, 6) is 0. The molecule has 0 bridgehead atoms. The average molecular weight is 266 g/mol. The maximum absolute atomic E-state index is 10.5. The lowest BCUT2D eigenvalue weighted by Gasteiger charge is -2.12. The summed E-state index contributed by atoms with van der Waals surface area (Å²) >= 11 is 0. The molecule has 98 valence electrons. The standard InChI is InChI=1S/C14H10N4O2/c15-12-10(9-4-2-1-3-5-9)6-11(17-7-19)14(13(12)16)18-8-20/h1-6H,15-16H2. The summed E-state index contributed by atoms with van der Waals surface area (Å²) < 4.78 is 0. The number of isocyanates is 2. The fraction of sp³-hybridized carbons (Fsp3) is 0. The highest BCUT2D eigenvalue weighted by Crippen LogP contribution is 2.43. The first-order valence-electron chi connectivity index (χ1n) is 5.62. The molecule has 0 spiro atoms. The number of nitrogens with two attached hydrogens (primary N) is 2. The Bertz CT molecular complexity index is 744. The highest BCUT2D eigenvalue weighted by atomic mass is 16.1. The van der Waals surface area contributed by atoms with E-state index in [-0.39, 0.29) is 22.7 Å². The highest BCUT2D eigenvalue weighted by Gasteiger charge is 2.15. The van der Waals surface area contributed by atoms with Gasteiger partial charge < -0.3 is 11.5 Å². The summed E-state index contributed by atoms with van der Waals surface area (Å²) in [6, 6.07) is 10.7. The lowest BCUT2D eigenvalue weighted by Crippen LogP contribution is -1.98. The van der Waals surface area contributed by atoms with Gasteiger partial charge in [-0.1, -0.05) is 30.3 Å². The van der Waals surface area contributed by atoms with E-state index in [2.05, 4.69) is 9.98 Å². The lowest BCUT2D eigenvalue weighted by atomic mass is 10.0. The van der Waals surface area contributed by atoms with Crippen LogP contribution in [0.3, 0.4) is 0 Å². The third-order valence-electron chi connectivity index (χ3n) is 2.77. The minimum atomic E-state index is 0.0144. The topological polar surface area (TPSA) is 111 Å². The van der Waals surface area contributed by atoms with Gasteiger partial charge >= 0.3 is 0 Å². The van der Waals surface area contributed by atoms with E-state index >= 15 is 0 Å². The second kappa shape index (κ2) is 5.63. The zero-order valence-electron chi connectivity index (χ0n) is 10.3. The van der Waals surface area contributed by atoms with Crippen LogP contribution in [0.25, 0.3) is 11.1 Å². The molecule has 0 atom stereocenters. The van der Waals surface area contributed by atoms with Gasteiger partial charge in [-0.15, -0.1) is 0 Å². The monoisotopic (exact) mass is 266 g/mol. The van der Waals surface area contributed by atoms with Crippen molar-refractivity contribution in [2.24, 2.45) is 9.98 Å². The van der Waals surface area contributed by atoms with Crippen molar-refractivity contribution in [3.63, 3.8) is 0 Å². The van der Waals surface area contributed by atoms with E-state index in [1.807, 2.05) is 30.3 Å². The molecule has 2 aromatic carbocycles. The van der Waals surface area contributed by atoms with Gasteiger partial charge in [0.15, 0.2) is 0 Å². The van der Waals surface area contributed by atoms with Gasteiger partial charge in [0.2, 0.25) is 12.2 Å². The zero-order chi connectivity index (χ0) is 14.5. The van der Waals surface area contributed by atoms with E-state index < -0.39 is 0 Å². The number of hydrogen-bond acceptors (Lipinski definition) is 6. The molecule has 0 aliphatic rings. The number of carbonyl (C=O) groups excluding carboxylic acids is 2. The zero-order valence-corrected chi connectivity index (χ0v) is 10.3. The molecule has 2 aromatic rings. The second-order valence-corrected chi connectivity index (χ2v) is 3.89. The molecule has 6 heteroatoms. The molecule has 0 radical (unpaired) electrons.